The van der Waals surface area contributed by atoms with Crippen molar-refractivity contribution in [3.8, 4) is 11.4 Å². The predicted octanol–water partition coefficient (Wildman–Crippen LogP) is 3.48. The van der Waals surface area contributed by atoms with Crippen molar-refractivity contribution in [2.45, 2.75) is 25.6 Å². The number of nitrogens with zero attached hydrogens (tertiary/aromatic N) is 3. The first-order valence-corrected chi connectivity index (χ1v) is 11.3. The van der Waals surface area contributed by atoms with Crippen LogP contribution in [0.5, 0.6) is 0 Å². The summed E-state index contributed by atoms with van der Waals surface area (Å²) in [5.41, 5.74) is 5.81. The molecule has 0 saturated heterocycles. The number of nitrogens with one attached hydrogen (secondary N) is 1. The molecule has 3 aromatic carbocycles. The molecule has 1 atom stereocenters. The molecule has 1 aromatic heterocycles. The molecule has 2 N–H and O–H groups in total. The number of hydrogen-bond acceptors (Lipinski definition) is 4. The van der Waals surface area contributed by atoms with E-state index in [4.69, 9.17) is 4.98 Å². The van der Waals surface area contributed by atoms with Crippen molar-refractivity contribution in [1.82, 2.24) is 19.8 Å². The number of likely N-dealkylation sites (N-methyl/N-ethyl adjacent to an activating group) is 1. The second kappa shape index (κ2) is 9.17. The van der Waals surface area contributed by atoms with Crippen molar-refractivity contribution in [2.75, 3.05) is 20.2 Å². The molecule has 6 heteroatoms. The summed E-state index contributed by atoms with van der Waals surface area (Å²) in [6, 6.07) is 24.3. The van der Waals surface area contributed by atoms with Crippen molar-refractivity contribution in [1.29, 1.82) is 0 Å². The Balaban J connectivity index is 1.37. The van der Waals surface area contributed by atoms with Crippen LogP contribution in [-0.2, 0) is 19.5 Å². The lowest BCUT2D eigenvalue weighted by molar-refractivity contribution is 0.0917. The van der Waals surface area contributed by atoms with Crippen LogP contribution in [-0.4, -0.2) is 51.7 Å². The van der Waals surface area contributed by atoms with Crippen molar-refractivity contribution in [3.05, 3.63) is 89.5 Å². The van der Waals surface area contributed by atoms with E-state index in [1.807, 2.05) is 24.3 Å². The van der Waals surface area contributed by atoms with Gasteiger partial charge in [-0.1, -0.05) is 60.7 Å². The lowest BCUT2D eigenvalue weighted by atomic mass is 10.1. The van der Waals surface area contributed by atoms with E-state index in [1.54, 1.807) is 0 Å². The highest BCUT2D eigenvalue weighted by molar-refractivity contribution is 6.06. The number of para-hydroxylation sites is 1. The Morgan fingerprint density at radius 3 is 2.58 bits per heavy atom. The fraction of sp³-hybridized carbons (Fsp3) is 0.259. The number of aromatic nitrogens is 2. The van der Waals surface area contributed by atoms with Gasteiger partial charge in [0, 0.05) is 25.2 Å². The van der Waals surface area contributed by atoms with Crippen LogP contribution in [0.25, 0.3) is 22.4 Å². The molecule has 6 nitrogen and oxygen atoms in total. The van der Waals surface area contributed by atoms with Crippen LogP contribution in [0.15, 0.2) is 72.8 Å². The van der Waals surface area contributed by atoms with E-state index in [1.165, 1.54) is 11.1 Å². The van der Waals surface area contributed by atoms with E-state index in [9.17, 15) is 9.90 Å². The highest BCUT2D eigenvalue weighted by Crippen LogP contribution is 2.29. The number of amides is 1. The minimum Gasteiger partial charge on any atom is -0.394 e. The molecule has 0 fully saturated rings. The Bertz CT molecular complexity index is 1260. The molecular formula is C27H28N4O2. The fourth-order valence-electron chi connectivity index (χ4n) is 4.51. The summed E-state index contributed by atoms with van der Waals surface area (Å²) in [4.78, 5) is 19.8. The van der Waals surface area contributed by atoms with Gasteiger partial charge in [-0.3, -0.25) is 4.79 Å². The molecular weight excluding hydrogens is 412 g/mol. The van der Waals surface area contributed by atoms with E-state index in [-0.39, 0.29) is 18.6 Å². The highest BCUT2D eigenvalue weighted by atomic mass is 16.3. The number of hydrogen-bond donors (Lipinski definition) is 2. The first-order chi connectivity index (χ1) is 16.1. The smallest absolute Gasteiger partial charge is 0.253 e. The van der Waals surface area contributed by atoms with Crippen molar-refractivity contribution < 1.29 is 9.90 Å². The Labute approximate surface area is 193 Å². The molecule has 1 amide bonds. The second-order valence-corrected chi connectivity index (χ2v) is 8.74. The van der Waals surface area contributed by atoms with Crippen LogP contribution >= 0.6 is 0 Å². The average molecular weight is 441 g/mol. The summed E-state index contributed by atoms with van der Waals surface area (Å²) in [7, 11) is 2.15. The van der Waals surface area contributed by atoms with E-state index in [0.717, 1.165) is 41.9 Å². The normalized spacial score (nSPS) is 15.6. The number of carbonyl (C=O) groups excluding carboxylic acids is 1. The summed E-state index contributed by atoms with van der Waals surface area (Å²) < 4.78 is 2.06. The van der Waals surface area contributed by atoms with E-state index >= 15 is 0 Å². The fourth-order valence-corrected chi connectivity index (χ4v) is 4.51. The monoisotopic (exact) mass is 440 g/mol. The Kier molecular flexibility index (Phi) is 5.94. The standard InChI is InChI=1S/C27H28N4O2/c1-30(15-14-19-6-3-2-4-7-19)16-20-10-12-21(13-11-20)26-29-24-9-5-8-23-25(24)31(26)17-22(18-32)28-27(23)33/h2-13,22,32H,14-18H2,1H3,(H,28,33)/t22-/m1/s1. The number of aliphatic hydroxyl groups is 1. The Morgan fingerprint density at radius 2 is 1.82 bits per heavy atom. The first-order valence-electron chi connectivity index (χ1n) is 11.3. The van der Waals surface area contributed by atoms with Crippen LogP contribution in [0.4, 0.5) is 0 Å². The van der Waals surface area contributed by atoms with Crippen molar-refractivity contribution in [3.63, 3.8) is 0 Å². The summed E-state index contributed by atoms with van der Waals surface area (Å²) >= 11 is 0. The lowest BCUT2D eigenvalue weighted by Crippen LogP contribution is -2.38. The molecule has 2 heterocycles. The van der Waals surface area contributed by atoms with Gasteiger partial charge in [-0.05, 0) is 36.7 Å². The van der Waals surface area contributed by atoms with Gasteiger partial charge in [0.1, 0.15) is 5.82 Å². The summed E-state index contributed by atoms with van der Waals surface area (Å²) in [5.74, 6) is 0.648. The third-order valence-electron chi connectivity index (χ3n) is 6.26. The maximum Gasteiger partial charge on any atom is 0.253 e. The zero-order valence-corrected chi connectivity index (χ0v) is 18.7. The first kappa shape index (κ1) is 21.4. The highest BCUT2D eigenvalue weighted by Gasteiger charge is 2.26. The number of imidazole rings is 1. The zero-order chi connectivity index (χ0) is 22.8. The van der Waals surface area contributed by atoms with Gasteiger partial charge in [0.15, 0.2) is 0 Å². The molecule has 0 bridgehead atoms. The van der Waals surface area contributed by atoms with E-state index in [0.29, 0.717) is 12.1 Å². The van der Waals surface area contributed by atoms with Crippen LogP contribution in [0, 0.1) is 0 Å². The van der Waals surface area contributed by atoms with Gasteiger partial charge in [0.2, 0.25) is 0 Å². The number of carbonyl (C=O) groups is 1. The van der Waals surface area contributed by atoms with Gasteiger partial charge in [-0.2, -0.15) is 0 Å². The number of benzene rings is 3. The molecule has 5 rings (SSSR count). The van der Waals surface area contributed by atoms with Crippen LogP contribution in [0.1, 0.15) is 21.5 Å². The molecule has 0 radical (unpaired) electrons. The van der Waals surface area contributed by atoms with Gasteiger partial charge in [0.05, 0.1) is 29.2 Å². The van der Waals surface area contributed by atoms with Gasteiger partial charge < -0.3 is 19.9 Å². The topological polar surface area (TPSA) is 70.4 Å². The largest absolute Gasteiger partial charge is 0.394 e. The number of aliphatic hydroxyl groups excluding tert-OH is 1. The molecule has 4 aromatic rings. The predicted molar refractivity (Wildman–Crippen MR) is 130 cm³/mol. The molecule has 33 heavy (non-hydrogen) atoms. The lowest BCUT2D eigenvalue weighted by Gasteiger charge is -2.17. The molecule has 0 aliphatic carbocycles. The minimum absolute atomic E-state index is 0.118. The molecule has 168 valence electrons. The summed E-state index contributed by atoms with van der Waals surface area (Å²) in [5, 5.41) is 12.7. The van der Waals surface area contributed by atoms with E-state index in [2.05, 4.69) is 70.4 Å². The Hall–Kier alpha value is -3.48. The summed E-state index contributed by atoms with van der Waals surface area (Å²) in [6.45, 7) is 2.23. The minimum atomic E-state index is -0.349. The van der Waals surface area contributed by atoms with Crippen LogP contribution in [0.2, 0.25) is 0 Å². The van der Waals surface area contributed by atoms with Gasteiger partial charge >= 0.3 is 0 Å². The average Bonchev–Trinajstić information content (AvgIpc) is 3.14. The zero-order valence-electron chi connectivity index (χ0n) is 18.7. The van der Waals surface area contributed by atoms with Crippen molar-refractivity contribution in [2.24, 2.45) is 0 Å². The maximum absolute atomic E-state index is 12.6. The SMILES string of the molecule is CN(CCc1ccccc1)Cc1ccc(-c2nc3cccc4c3n2C[C@H](CO)NC4=O)cc1. The van der Waals surface area contributed by atoms with Gasteiger partial charge in [-0.25, -0.2) is 4.98 Å². The summed E-state index contributed by atoms with van der Waals surface area (Å²) in [6.07, 6.45) is 1.03. The molecule has 1 aliphatic rings. The van der Waals surface area contributed by atoms with E-state index < -0.39 is 0 Å². The van der Waals surface area contributed by atoms with Gasteiger partial charge in [-0.15, -0.1) is 0 Å². The van der Waals surface area contributed by atoms with Crippen LogP contribution in [0.3, 0.4) is 0 Å². The molecule has 0 spiro atoms. The second-order valence-electron chi connectivity index (χ2n) is 8.74. The third kappa shape index (κ3) is 4.40. The number of rotatable bonds is 7. The molecule has 0 unspecified atom stereocenters. The Morgan fingerprint density at radius 1 is 1.03 bits per heavy atom. The molecule has 1 aliphatic heterocycles. The van der Waals surface area contributed by atoms with Crippen LogP contribution < -0.4 is 5.32 Å². The van der Waals surface area contributed by atoms with Gasteiger partial charge in [0.25, 0.3) is 5.91 Å². The van der Waals surface area contributed by atoms with Crippen molar-refractivity contribution >= 4 is 16.9 Å². The quantitative estimate of drug-likeness (QED) is 0.462. The maximum atomic E-state index is 12.6. The third-order valence-corrected chi connectivity index (χ3v) is 6.26. The molecule has 0 saturated carbocycles.